The van der Waals surface area contributed by atoms with Crippen LogP contribution in [0.5, 0.6) is 0 Å². The molecule has 0 atom stereocenters. The van der Waals surface area contributed by atoms with E-state index in [1.807, 2.05) is 0 Å². The highest BCUT2D eigenvalue weighted by molar-refractivity contribution is 6.17. The standard InChI is InChI=1S/C20H12F4N2O/c21-11-5-6-12-16(8-11)26(9-10-4-7-14(22)19(24)18(10)23)15-3-1-2-13(17(12)15)20(25)27/h1-8H,9H2,(H2,25,27). The first-order chi connectivity index (χ1) is 12.9. The average molecular weight is 372 g/mol. The summed E-state index contributed by atoms with van der Waals surface area (Å²) in [6, 6.07) is 10.7. The summed E-state index contributed by atoms with van der Waals surface area (Å²) >= 11 is 0. The molecule has 0 aliphatic carbocycles. The van der Waals surface area contributed by atoms with E-state index in [-0.39, 0.29) is 17.7 Å². The number of rotatable bonds is 3. The summed E-state index contributed by atoms with van der Waals surface area (Å²) in [5.41, 5.74) is 6.44. The van der Waals surface area contributed by atoms with Gasteiger partial charge in [0.15, 0.2) is 17.5 Å². The maximum absolute atomic E-state index is 14.2. The molecule has 3 nitrogen and oxygen atoms in total. The van der Waals surface area contributed by atoms with Crippen LogP contribution in [-0.4, -0.2) is 10.5 Å². The zero-order valence-electron chi connectivity index (χ0n) is 13.8. The number of carbonyl (C=O) groups is 1. The first-order valence-corrected chi connectivity index (χ1v) is 8.01. The van der Waals surface area contributed by atoms with E-state index in [4.69, 9.17) is 5.73 Å². The van der Waals surface area contributed by atoms with Crippen LogP contribution in [0.4, 0.5) is 17.6 Å². The minimum absolute atomic E-state index is 0.110. The Labute approximate surface area is 150 Å². The van der Waals surface area contributed by atoms with Gasteiger partial charge < -0.3 is 10.3 Å². The van der Waals surface area contributed by atoms with Crippen molar-refractivity contribution in [2.75, 3.05) is 0 Å². The van der Waals surface area contributed by atoms with E-state index >= 15 is 0 Å². The SMILES string of the molecule is NC(=O)c1cccc2c1c1ccc(F)cc1n2Cc1ccc(F)c(F)c1F. The maximum Gasteiger partial charge on any atom is 0.249 e. The number of nitrogens with two attached hydrogens (primary N) is 1. The number of carbonyl (C=O) groups excluding carboxylic acids is 1. The average Bonchev–Trinajstić information content (AvgIpc) is 2.95. The minimum Gasteiger partial charge on any atom is -0.366 e. The van der Waals surface area contributed by atoms with Crippen molar-refractivity contribution < 1.29 is 22.4 Å². The van der Waals surface area contributed by atoms with Gasteiger partial charge in [0.1, 0.15) is 5.82 Å². The fraction of sp³-hybridized carbons (Fsp3) is 0.0500. The molecule has 0 aliphatic heterocycles. The van der Waals surface area contributed by atoms with Crippen molar-refractivity contribution in [2.24, 2.45) is 5.73 Å². The van der Waals surface area contributed by atoms with E-state index in [0.717, 1.165) is 12.1 Å². The van der Waals surface area contributed by atoms with Crippen LogP contribution in [0.25, 0.3) is 21.8 Å². The first kappa shape index (κ1) is 17.1. The van der Waals surface area contributed by atoms with Crippen LogP contribution in [0.2, 0.25) is 0 Å². The van der Waals surface area contributed by atoms with Gasteiger partial charge in [-0.1, -0.05) is 12.1 Å². The van der Waals surface area contributed by atoms with Gasteiger partial charge >= 0.3 is 0 Å². The molecule has 7 heteroatoms. The molecular weight excluding hydrogens is 360 g/mol. The van der Waals surface area contributed by atoms with Gasteiger partial charge in [-0.2, -0.15) is 0 Å². The first-order valence-electron chi connectivity index (χ1n) is 8.01. The molecule has 2 N–H and O–H groups in total. The highest BCUT2D eigenvalue weighted by atomic mass is 19.2. The second-order valence-corrected chi connectivity index (χ2v) is 6.15. The van der Waals surface area contributed by atoms with E-state index in [0.29, 0.717) is 21.8 Å². The molecule has 0 bridgehead atoms. The van der Waals surface area contributed by atoms with E-state index < -0.39 is 29.2 Å². The van der Waals surface area contributed by atoms with Gasteiger partial charge in [0.05, 0.1) is 17.6 Å². The van der Waals surface area contributed by atoms with Crippen LogP contribution in [0.3, 0.4) is 0 Å². The minimum atomic E-state index is -1.57. The van der Waals surface area contributed by atoms with Crippen molar-refractivity contribution in [3.05, 3.63) is 82.9 Å². The Kier molecular flexibility index (Phi) is 3.87. The third-order valence-electron chi connectivity index (χ3n) is 4.56. The Morgan fingerprint density at radius 3 is 2.44 bits per heavy atom. The predicted molar refractivity (Wildman–Crippen MR) is 93.3 cm³/mol. The molecule has 1 aromatic heterocycles. The summed E-state index contributed by atoms with van der Waals surface area (Å²) in [7, 11) is 0. The molecule has 0 saturated carbocycles. The molecule has 0 radical (unpaired) electrons. The van der Waals surface area contributed by atoms with Crippen LogP contribution in [0.15, 0.2) is 48.5 Å². The summed E-state index contributed by atoms with van der Waals surface area (Å²) in [4.78, 5) is 11.8. The van der Waals surface area contributed by atoms with Crippen molar-refractivity contribution in [1.82, 2.24) is 4.57 Å². The van der Waals surface area contributed by atoms with Crippen LogP contribution < -0.4 is 5.73 Å². The summed E-state index contributed by atoms with van der Waals surface area (Å²) < 4.78 is 56.4. The molecule has 0 fully saturated rings. The Balaban J connectivity index is 2.05. The molecule has 136 valence electrons. The lowest BCUT2D eigenvalue weighted by molar-refractivity contribution is 0.100. The number of hydrogen-bond acceptors (Lipinski definition) is 1. The highest BCUT2D eigenvalue weighted by Crippen LogP contribution is 2.33. The summed E-state index contributed by atoms with van der Waals surface area (Å²) in [5.74, 6) is -5.37. The summed E-state index contributed by atoms with van der Waals surface area (Å²) in [5, 5.41) is 1.03. The van der Waals surface area contributed by atoms with Crippen LogP contribution in [0, 0.1) is 23.3 Å². The second kappa shape index (κ2) is 6.12. The van der Waals surface area contributed by atoms with E-state index in [1.165, 1.54) is 28.8 Å². The molecule has 3 aromatic carbocycles. The maximum atomic E-state index is 14.2. The third kappa shape index (κ3) is 2.63. The number of primary amides is 1. The zero-order valence-corrected chi connectivity index (χ0v) is 13.8. The normalized spacial score (nSPS) is 11.4. The lowest BCUT2D eigenvalue weighted by atomic mass is 10.1. The van der Waals surface area contributed by atoms with Gasteiger partial charge in [0.25, 0.3) is 0 Å². The van der Waals surface area contributed by atoms with Crippen molar-refractivity contribution in [1.29, 1.82) is 0 Å². The lowest BCUT2D eigenvalue weighted by Crippen LogP contribution is -2.11. The topological polar surface area (TPSA) is 48.0 Å². The van der Waals surface area contributed by atoms with Gasteiger partial charge in [-0.25, -0.2) is 17.6 Å². The third-order valence-corrected chi connectivity index (χ3v) is 4.56. The number of fused-ring (bicyclic) bond motifs is 3. The summed E-state index contributed by atoms with van der Waals surface area (Å²) in [6.45, 7) is -0.186. The molecule has 0 saturated heterocycles. The molecule has 0 unspecified atom stereocenters. The molecule has 4 rings (SSSR count). The quantitative estimate of drug-likeness (QED) is 0.418. The predicted octanol–water partition coefficient (Wildman–Crippen LogP) is 4.50. The van der Waals surface area contributed by atoms with Crippen molar-refractivity contribution in [2.45, 2.75) is 6.54 Å². The molecule has 0 spiro atoms. The second-order valence-electron chi connectivity index (χ2n) is 6.15. The fourth-order valence-corrected chi connectivity index (χ4v) is 3.35. The molecule has 27 heavy (non-hydrogen) atoms. The Morgan fingerprint density at radius 1 is 0.926 bits per heavy atom. The van der Waals surface area contributed by atoms with Crippen molar-refractivity contribution in [3.63, 3.8) is 0 Å². The number of nitrogens with zero attached hydrogens (tertiary/aromatic N) is 1. The van der Waals surface area contributed by atoms with Gasteiger partial charge in [-0.15, -0.1) is 0 Å². The van der Waals surface area contributed by atoms with Crippen molar-refractivity contribution >= 4 is 27.7 Å². The van der Waals surface area contributed by atoms with E-state index in [1.54, 1.807) is 12.1 Å². The van der Waals surface area contributed by atoms with Crippen LogP contribution >= 0.6 is 0 Å². The lowest BCUT2D eigenvalue weighted by Gasteiger charge is -2.10. The zero-order chi connectivity index (χ0) is 19.3. The number of halogens is 4. The molecule has 0 aliphatic rings. The fourth-order valence-electron chi connectivity index (χ4n) is 3.35. The van der Waals surface area contributed by atoms with E-state index in [2.05, 4.69) is 0 Å². The molecule has 4 aromatic rings. The smallest absolute Gasteiger partial charge is 0.249 e. The number of benzene rings is 3. The van der Waals surface area contributed by atoms with Crippen molar-refractivity contribution in [3.8, 4) is 0 Å². The van der Waals surface area contributed by atoms with Gasteiger partial charge in [-0.3, -0.25) is 4.79 Å². The highest BCUT2D eigenvalue weighted by Gasteiger charge is 2.19. The Bertz CT molecular complexity index is 1230. The Hall–Kier alpha value is -3.35. The largest absolute Gasteiger partial charge is 0.366 e. The molecule has 1 amide bonds. The summed E-state index contributed by atoms with van der Waals surface area (Å²) in [6.07, 6.45) is 0. The molecule has 1 heterocycles. The van der Waals surface area contributed by atoms with Gasteiger partial charge in [0, 0.05) is 21.9 Å². The van der Waals surface area contributed by atoms with Gasteiger partial charge in [0.2, 0.25) is 5.91 Å². The number of hydrogen-bond donors (Lipinski definition) is 1. The van der Waals surface area contributed by atoms with Crippen LogP contribution in [-0.2, 0) is 6.54 Å². The molecular formula is C20H12F4N2O. The Morgan fingerprint density at radius 2 is 1.70 bits per heavy atom. The number of aromatic nitrogens is 1. The van der Waals surface area contributed by atoms with Gasteiger partial charge in [-0.05, 0) is 36.4 Å². The monoisotopic (exact) mass is 372 g/mol. The van der Waals surface area contributed by atoms with E-state index in [9.17, 15) is 22.4 Å². The number of amides is 1. The van der Waals surface area contributed by atoms with Crippen LogP contribution in [0.1, 0.15) is 15.9 Å².